The van der Waals surface area contributed by atoms with Gasteiger partial charge in [0.15, 0.2) is 0 Å². The van der Waals surface area contributed by atoms with Crippen LogP contribution in [0.3, 0.4) is 0 Å². The van der Waals surface area contributed by atoms with Crippen molar-refractivity contribution in [3.05, 3.63) is 23.5 Å². The third kappa shape index (κ3) is 2.19. The van der Waals surface area contributed by atoms with Gasteiger partial charge in [-0.3, -0.25) is 9.78 Å². The molecule has 2 atom stereocenters. The summed E-state index contributed by atoms with van der Waals surface area (Å²) < 4.78 is 0. The third-order valence-electron chi connectivity index (χ3n) is 3.79. The molecule has 0 saturated carbocycles. The molecule has 1 aromatic heterocycles. The molecule has 2 rings (SSSR count). The highest BCUT2D eigenvalue weighted by atomic mass is 16.2. The van der Waals surface area contributed by atoms with Crippen LogP contribution in [-0.4, -0.2) is 27.9 Å². The van der Waals surface area contributed by atoms with Gasteiger partial charge < -0.3 is 10.6 Å². The summed E-state index contributed by atoms with van der Waals surface area (Å²) in [6.07, 6.45) is 4.76. The molecule has 4 nitrogen and oxygen atoms in total. The topological polar surface area (TPSA) is 59.2 Å². The average Bonchev–Trinajstić information content (AvgIpc) is 2.69. The van der Waals surface area contributed by atoms with Crippen LogP contribution < -0.4 is 5.73 Å². The molecule has 1 amide bonds. The van der Waals surface area contributed by atoms with Crippen molar-refractivity contribution in [2.75, 3.05) is 5.73 Å². The number of carbonyl (C=O) groups is 1. The summed E-state index contributed by atoms with van der Waals surface area (Å²) in [6, 6.07) is 2.39. The van der Waals surface area contributed by atoms with E-state index in [0.717, 1.165) is 25.0 Å². The van der Waals surface area contributed by atoms with Crippen molar-refractivity contribution >= 4 is 11.6 Å². The number of rotatable bonds is 2. The Morgan fingerprint density at radius 3 is 2.89 bits per heavy atom. The lowest BCUT2D eigenvalue weighted by Crippen LogP contribution is -2.40. The second kappa shape index (κ2) is 4.96. The first-order chi connectivity index (χ1) is 8.54. The molecule has 2 heterocycles. The van der Waals surface area contributed by atoms with E-state index in [1.165, 1.54) is 0 Å². The van der Waals surface area contributed by atoms with Crippen LogP contribution in [0.5, 0.6) is 0 Å². The predicted octanol–water partition coefficient (Wildman–Crippen LogP) is 2.38. The lowest BCUT2D eigenvalue weighted by molar-refractivity contribution is 0.0677. The molecule has 2 N–H and O–H groups in total. The number of hydrogen-bond acceptors (Lipinski definition) is 3. The average molecular weight is 247 g/mol. The predicted molar refractivity (Wildman–Crippen MR) is 72.3 cm³/mol. The van der Waals surface area contributed by atoms with Crippen molar-refractivity contribution in [3.63, 3.8) is 0 Å². The van der Waals surface area contributed by atoms with Gasteiger partial charge in [-0.1, -0.05) is 6.92 Å². The molecule has 1 fully saturated rings. The molecule has 98 valence electrons. The van der Waals surface area contributed by atoms with E-state index in [9.17, 15) is 4.79 Å². The highest BCUT2D eigenvalue weighted by molar-refractivity contribution is 5.99. The van der Waals surface area contributed by atoms with Gasteiger partial charge in [-0.15, -0.1) is 0 Å². The summed E-state index contributed by atoms with van der Waals surface area (Å²) in [6.45, 7) is 6.10. The van der Waals surface area contributed by atoms with Crippen molar-refractivity contribution in [2.45, 2.75) is 52.1 Å². The number of aromatic nitrogens is 1. The van der Waals surface area contributed by atoms with Crippen LogP contribution in [0.2, 0.25) is 0 Å². The molecule has 0 spiro atoms. The molecule has 1 aliphatic rings. The summed E-state index contributed by atoms with van der Waals surface area (Å²) in [5.74, 6) is 0.0249. The van der Waals surface area contributed by atoms with Gasteiger partial charge in [0.1, 0.15) is 0 Å². The minimum absolute atomic E-state index is 0.0249. The molecule has 1 aromatic rings. The molecule has 0 aromatic carbocycles. The Bertz CT molecular complexity index is 458. The van der Waals surface area contributed by atoms with E-state index in [1.807, 2.05) is 11.8 Å². The van der Waals surface area contributed by atoms with E-state index in [2.05, 4.69) is 18.8 Å². The number of carbonyl (C=O) groups excluding carboxylic acids is 1. The largest absolute Gasteiger partial charge is 0.398 e. The Hall–Kier alpha value is -1.58. The standard InChI is InChI=1S/C14H21N3O/c1-4-11-6-5-10(3)17(11)14(18)12-8-16-9(2)7-13(12)15/h7-8,10-11H,4-6H2,1-3H3,(H2,15,16). The van der Waals surface area contributed by atoms with E-state index in [4.69, 9.17) is 5.73 Å². The Morgan fingerprint density at radius 1 is 1.56 bits per heavy atom. The third-order valence-corrected chi connectivity index (χ3v) is 3.79. The lowest BCUT2D eigenvalue weighted by Gasteiger charge is -2.28. The van der Waals surface area contributed by atoms with E-state index >= 15 is 0 Å². The van der Waals surface area contributed by atoms with Gasteiger partial charge >= 0.3 is 0 Å². The smallest absolute Gasteiger partial charge is 0.258 e. The van der Waals surface area contributed by atoms with Gasteiger partial charge in [0.2, 0.25) is 0 Å². The number of likely N-dealkylation sites (tertiary alicyclic amines) is 1. The van der Waals surface area contributed by atoms with Crippen LogP contribution in [0, 0.1) is 6.92 Å². The highest BCUT2D eigenvalue weighted by Crippen LogP contribution is 2.28. The Kier molecular flexibility index (Phi) is 3.55. The van der Waals surface area contributed by atoms with Crippen molar-refractivity contribution in [1.29, 1.82) is 0 Å². The molecule has 4 heteroatoms. The zero-order valence-corrected chi connectivity index (χ0v) is 11.3. The first-order valence-corrected chi connectivity index (χ1v) is 6.59. The summed E-state index contributed by atoms with van der Waals surface area (Å²) in [5.41, 5.74) is 7.84. The molecular weight excluding hydrogens is 226 g/mol. The summed E-state index contributed by atoms with van der Waals surface area (Å²) >= 11 is 0. The lowest BCUT2D eigenvalue weighted by atomic mass is 10.1. The van der Waals surface area contributed by atoms with Gasteiger partial charge in [0, 0.05) is 29.7 Å². The Morgan fingerprint density at radius 2 is 2.28 bits per heavy atom. The van der Waals surface area contributed by atoms with Crippen molar-refractivity contribution in [1.82, 2.24) is 9.88 Å². The molecule has 0 aliphatic carbocycles. The number of anilines is 1. The number of nitrogens with zero attached hydrogens (tertiary/aromatic N) is 2. The SMILES string of the molecule is CCC1CCC(C)N1C(=O)c1cnc(C)cc1N. The Balaban J connectivity index is 2.30. The molecule has 18 heavy (non-hydrogen) atoms. The maximum absolute atomic E-state index is 12.6. The van der Waals surface area contributed by atoms with Gasteiger partial charge in [0.25, 0.3) is 5.91 Å². The van der Waals surface area contributed by atoms with Crippen LogP contribution in [0.15, 0.2) is 12.3 Å². The minimum atomic E-state index is 0.0249. The number of amides is 1. The number of nitrogen functional groups attached to an aromatic ring is 1. The minimum Gasteiger partial charge on any atom is -0.398 e. The second-order valence-electron chi connectivity index (χ2n) is 5.11. The highest BCUT2D eigenvalue weighted by Gasteiger charge is 2.34. The molecule has 0 radical (unpaired) electrons. The zero-order chi connectivity index (χ0) is 13.3. The first kappa shape index (κ1) is 12.9. The fraction of sp³-hybridized carbons (Fsp3) is 0.571. The van der Waals surface area contributed by atoms with Crippen LogP contribution in [0.1, 0.15) is 49.2 Å². The zero-order valence-electron chi connectivity index (χ0n) is 11.3. The fourth-order valence-corrected chi connectivity index (χ4v) is 2.74. The maximum atomic E-state index is 12.6. The van der Waals surface area contributed by atoms with Crippen molar-refractivity contribution in [3.8, 4) is 0 Å². The van der Waals surface area contributed by atoms with E-state index in [0.29, 0.717) is 23.3 Å². The number of aryl methyl sites for hydroxylation is 1. The van der Waals surface area contributed by atoms with E-state index in [1.54, 1.807) is 12.3 Å². The van der Waals surface area contributed by atoms with E-state index < -0.39 is 0 Å². The second-order valence-corrected chi connectivity index (χ2v) is 5.11. The van der Waals surface area contributed by atoms with Crippen molar-refractivity contribution < 1.29 is 4.79 Å². The van der Waals surface area contributed by atoms with Crippen LogP contribution >= 0.6 is 0 Å². The molecular formula is C14H21N3O. The van der Waals surface area contributed by atoms with Gasteiger partial charge in [-0.05, 0) is 39.2 Å². The number of nitrogens with two attached hydrogens (primary N) is 1. The summed E-state index contributed by atoms with van der Waals surface area (Å²) in [7, 11) is 0. The van der Waals surface area contributed by atoms with Crippen LogP contribution in [0.25, 0.3) is 0 Å². The van der Waals surface area contributed by atoms with Gasteiger partial charge in [-0.25, -0.2) is 0 Å². The number of pyridine rings is 1. The molecule has 1 saturated heterocycles. The van der Waals surface area contributed by atoms with Gasteiger partial charge in [0.05, 0.1) is 5.56 Å². The molecule has 1 aliphatic heterocycles. The maximum Gasteiger partial charge on any atom is 0.258 e. The van der Waals surface area contributed by atoms with Gasteiger partial charge in [-0.2, -0.15) is 0 Å². The van der Waals surface area contributed by atoms with Crippen LogP contribution in [-0.2, 0) is 0 Å². The first-order valence-electron chi connectivity index (χ1n) is 6.59. The normalized spacial score (nSPS) is 23.4. The number of hydrogen-bond donors (Lipinski definition) is 1. The summed E-state index contributed by atoms with van der Waals surface area (Å²) in [4.78, 5) is 18.7. The van der Waals surface area contributed by atoms with E-state index in [-0.39, 0.29) is 5.91 Å². The fourth-order valence-electron chi connectivity index (χ4n) is 2.74. The molecule has 2 unspecified atom stereocenters. The van der Waals surface area contributed by atoms with Crippen LogP contribution in [0.4, 0.5) is 5.69 Å². The monoisotopic (exact) mass is 247 g/mol. The summed E-state index contributed by atoms with van der Waals surface area (Å²) in [5, 5.41) is 0. The molecule has 0 bridgehead atoms. The Labute approximate surface area is 108 Å². The quantitative estimate of drug-likeness (QED) is 0.872. The van der Waals surface area contributed by atoms with Crippen molar-refractivity contribution in [2.24, 2.45) is 0 Å².